The Bertz CT molecular complexity index is 1530. The van der Waals surface area contributed by atoms with Crippen LogP contribution in [0, 0.1) is 11.3 Å². The van der Waals surface area contributed by atoms with E-state index in [4.69, 9.17) is 0 Å². The number of anilines is 1. The Balaban J connectivity index is 0.000000291. The first-order valence-corrected chi connectivity index (χ1v) is 16.9. The van der Waals surface area contributed by atoms with E-state index in [9.17, 15) is 22.8 Å². The number of amides is 2. The maximum absolute atomic E-state index is 14.1. The zero-order valence-corrected chi connectivity index (χ0v) is 27.7. The van der Waals surface area contributed by atoms with Gasteiger partial charge in [0.25, 0.3) is 5.91 Å². The van der Waals surface area contributed by atoms with Gasteiger partial charge in [0.15, 0.2) is 0 Å². The number of hydrogen-bond acceptors (Lipinski definition) is 6. The van der Waals surface area contributed by atoms with E-state index in [0.29, 0.717) is 30.9 Å². The molecule has 3 aromatic rings. The van der Waals surface area contributed by atoms with Gasteiger partial charge >= 0.3 is 6.18 Å². The van der Waals surface area contributed by atoms with E-state index < -0.39 is 17.6 Å². The van der Waals surface area contributed by atoms with Crippen LogP contribution >= 0.6 is 11.3 Å². The topological polar surface area (TPSA) is 69.6 Å². The van der Waals surface area contributed by atoms with Crippen molar-refractivity contribution in [3.05, 3.63) is 87.9 Å². The standard InChI is InChI=1S/C26H26F3N3O2.C7H10N2S.C2H6/c1-3-23(33)31-15-25(16-31)9-10-30(14-25)17(2)18-11-20-21(22(12-18)26(27,28)29)13-32(24(20)34)19-7-5-4-6-8-19;1-5-2-6(3-5)7-9-8-4-10-7;1-2/h3-8,11-12,17H,1,9-10,13-16H2,2H3;4-6H,2-3H2,1H3;1-2H3. The van der Waals surface area contributed by atoms with Crippen LogP contribution in [0.4, 0.5) is 18.9 Å². The summed E-state index contributed by atoms with van der Waals surface area (Å²) in [6, 6.07) is 11.3. The minimum Gasteiger partial charge on any atom is -0.338 e. The van der Waals surface area contributed by atoms with Crippen LogP contribution in [-0.4, -0.2) is 58.0 Å². The Morgan fingerprint density at radius 1 is 1.13 bits per heavy atom. The predicted molar refractivity (Wildman–Crippen MR) is 175 cm³/mol. The van der Waals surface area contributed by atoms with Crippen LogP contribution in [0.25, 0.3) is 0 Å². The third-order valence-electron chi connectivity index (χ3n) is 9.57. The van der Waals surface area contributed by atoms with Gasteiger partial charge in [-0.05, 0) is 80.1 Å². The summed E-state index contributed by atoms with van der Waals surface area (Å²) < 4.78 is 42.2. The van der Waals surface area contributed by atoms with Crippen molar-refractivity contribution in [2.75, 3.05) is 31.1 Å². The summed E-state index contributed by atoms with van der Waals surface area (Å²) in [5, 5.41) is 9.09. The number of para-hydroxylation sites is 1. The molecule has 7 rings (SSSR count). The number of halogens is 3. The van der Waals surface area contributed by atoms with Crippen LogP contribution in [0.2, 0.25) is 0 Å². The van der Waals surface area contributed by atoms with Crippen molar-refractivity contribution >= 4 is 28.8 Å². The molecule has 2 saturated heterocycles. The van der Waals surface area contributed by atoms with E-state index in [-0.39, 0.29) is 35.0 Å². The number of rotatable bonds is 5. The highest BCUT2D eigenvalue weighted by molar-refractivity contribution is 7.09. The molecule has 0 N–H and O–H groups in total. The van der Waals surface area contributed by atoms with E-state index in [1.165, 1.54) is 34.9 Å². The molecule has 3 fully saturated rings. The number of carbonyl (C=O) groups is 2. The van der Waals surface area contributed by atoms with E-state index in [1.807, 2.05) is 26.3 Å². The smallest absolute Gasteiger partial charge is 0.338 e. The number of fused-ring (bicyclic) bond motifs is 1. The fraction of sp³-hybridized carbons (Fsp3) is 0.486. The molecule has 2 aromatic carbocycles. The first-order valence-electron chi connectivity index (χ1n) is 16.0. The minimum absolute atomic E-state index is 0.0174. The van der Waals surface area contributed by atoms with Gasteiger partial charge in [-0.25, -0.2) is 0 Å². The predicted octanol–water partition coefficient (Wildman–Crippen LogP) is 7.72. The number of benzene rings is 2. The maximum atomic E-state index is 14.1. The van der Waals surface area contributed by atoms with E-state index in [0.717, 1.165) is 24.8 Å². The molecule has 7 nitrogen and oxygen atoms in total. The minimum atomic E-state index is -4.56. The van der Waals surface area contributed by atoms with Crippen LogP contribution in [-0.2, 0) is 17.5 Å². The molecule has 1 atom stereocenters. The average Bonchev–Trinajstić information content (AvgIpc) is 3.79. The molecule has 1 aromatic heterocycles. The first kappa shape index (κ1) is 33.8. The molecule has 3 aliphatic heterocycles. The number of nitrogens with zero attached hydrogens (tertiary/aromatic N) is 5. The number of alkyl halides is 3. The van der Waals surface area contributed by atoms with Crippen LogP contribution in [0.15, 0.2) is 60.6 Å². The summed E-state index contributed by atoms with van der Waals surface area (Å²) in [7, 11) is 0. The molecule has 1 aliphatic carbocycles. The lowest BCUT2D eigenvalue weighted by Gasteiger charge is -2.48. The average molecular weight is 654 g/mol. The van der Waals surface area contributed by atoms with Crippen molar-refractivity contribution in [2.24, 2.45) is 11.3 Å². The second kappa shape index (κ2) is 13.7. The Labute approximate surface area is 273 Å². The van der Waals surface area contributed by atoms with E-state index in [2.05, 4.69) is 28.6 Å². The molecule has 11 heteroatoms. The number of hydrogen-bond donors (Lipinski definition) is 0. The SMILES string of the molecule is C=CC(=O)N1CC2(CCN(C(C)c3cc4c(c(C(F)(F)F)c3)CN(c3ccccc3)C4=O)C2)C1.CC.CC1CC(c2nncs2)C1. The Morgan fingerprint density at radius 2 is 1.83 bits per heavy atom. The molecule has 4 heterocycles. The zero-order chi connectivity index (χ0) is 33.2. The molecule has 1 spiro atoms. The van der Waals surface area contributed by atoms with Crippen LogP contribution < -0.4 is 4.90 Å². The van der Waals surface area contributed by atoms with E-state index in [1.54, 1.807) is 52.6 Å². The van der Waals surface area contributed by atoms with Gasteiger partial charge in [0, 0.05) is 48.3 Å². The summed E-state index contributed by atoms with van der Waals surface area (Å²) in [4.78, 5) is 30.3. The van der Waals surface area contributed by atoms with Gasteiger partial charge in [-0.2, -0.15) is 13.2 Å². The molecule has 246 valence electrons. The molecule has 1 unspecified atom stereocenters. The van der Waals surface area contributed by atoms with Crippen LogP contribution in [0.1, 0.15) is 91.0 Å². The van der Waals surface area contributed by atoms with Crippen molar-refractivity contribution in [2.45, 2.75) is 71.6 Å². The van der Waals surface area contributed by atoms with Crippen molar-refractivity contribution in [1.29, 1.82) is 0 Å². The van der Waals surface area contributed by atoms with Crippen molar-refractivity contribution in [3.8, 4) is 0 Å². The number of aromatic nitrogens is 2. The maximum Gasteiger partial charge on any atom is 0.416 e. The molecule has 2 amide bonds. The molecule has 4 aliphatic rings. The highest BCUT2D eigenvalue weighted by Gasteiger charge is 2.50. The highest BCUT2D eigenvalue weighted by Crippen LogP contribution is 2.45. The fourth-order valence-corrected chi connectivity index (χ4v) is 7.70. The van der Waals surface area contributed by atoms with Crippen molar-refractivity contribution in [3.63, 3.8) is 0 Å². The number of likely N-dealkylation sites (tertiary alicyclic amines) is 2. The van der Waals surface area contributed by atoms with Crippen LogP contribution in [0.5, 0.6) is 0 Å². The second-order valence-corrected chi connectivity index (χ2v) is 13.5. The van der Waals surface area contributed by atoms with Gasteiger partial charge in [0.05, 0.1) is 12.1 Å². The molecular formula is C35H42F3N5O2S. The molecule has 1 saturated carbocycles. The van der Waals surface area contributed by atoms with Gasteiger partial charge < -0.3 is 9.80 Å². The second-order valence-electron chi connectivity index (χ2n) is 12.7. The summed E-state index contributed by atoms with van der Waals surface area (Å²) in [5.74, 6) is 1.15. The zero-order valence-electron chi connectivity index (χ0n) is 26.9. The Kier molecular flexibility index (Phi) is 10.0. The first-order chi connectivity index (χ1) is 22.0. The molecule has 46 heavy (non-hydrogen) atoms. The third-order valence-corrected chi connectivity index (χ3v) is 10.4. The normalized spacial score (nSPS) is 22.1. The molecular weight excluding hydrogens is 611 g/mol. The summed E-state index contributed by atoms with van der Waals surface area (Å²) >= 11 is 1.69. The fourth-order valence-electron chi connectivity index (χ4n) is 7.02. The van der Waals surface area contributed by atoms with Gasteiger partial charge in [-0.3, -0.25) is 14.5 Å². The summed E-state index contributed by atoms with van der Waals surface area (Å²) in [6.45, 7) is 14.3. The number of carbonyl (C=O) groups excluding carboxylic acids is 2. The lowest BCUT2D eigenvalue weighted by atomic mass is 9.77. The van der Waals surface area contributed by atoms with Gasteiger partial charge in [0.1, 0.15) is 10.5 Å². The Morgan fingerprint density at radius 3 is 2.41 bits per heavy atom. The Hall–Kier alpha value is -3.57. The largest absolute Gasteiger partial charge is 0.416 e. The third kappa shape index (κ3) is 6.76. The van der Waals surface area contributed by atoms with Crippen LogP contribution in [0.3, 0.4) is 0 Å². The van der Waals surface area contributed by atoms with Gasteiger partial charge in [-0.15, -0.1) is 21.5 Å². The van der Waals surface area contributed by atoms with Gasteiger partial charge in [0.2, 0.25) is 5.91 Å². The van der Waals surface area contributed by atoms with Crippen molar-refractivity contribution in [1.82, 2.24) is 20.0 Å². The lowest BCUT2D eigenvalue weighted by molar-refractivity contribution is -0.138. The lowest BCUT2D eigenvalue weighted by Crippen LogP contribution is -2.59. The van der Waals surface area contributed by atoms with Gasteiger partial charge in [-0.1, -0.05) is 45.5 Å². The quantitative estimate of drug-likeness (QED) is 0.264. The summed E-state index contributed by atoms with van der Waals surface area (Å²) in [6.07, 6.45) is 0.264. The van der Waals surface area contributed by atoms with E-state index >= 15 is 0 Å². The monoisotopic (exact) mass is 653 g/mol. The van der Waals surface area contributed by atoms with Crippen molar-refractivity contribution < 1.29 is 22.8 Å². The molecule has 0 bridgehead atoms. The highest BCUT2D eigenvalue weighted by atomic mass is 32.1. The molecule has 0 radical (unpaired) electrons. The summed E-state index contributed by atoms with van der Waals surface area (Å²) in [5.41, 5.74) is 2.29.